The molecule has 4 amide bonds. The molecule has 0 bridgehead atoms. The van der Waals surface area contributed by atoms with E-state index in [0.29, 0.717) is 6.42 Å². The van der Waals surface area contributed by atoms with Crippen LogP contribution in [0.2, 0.25) is 5.02 Å². The van der Waals surface area contributed by atoms with E-state index in [2.05, 4.69) is 10.6 Å². The van der Waals surface area contributed by atoms with E-state index in [9.17, 15) is 24.5 Å². The maximum atomic E-state index is 12.2. The van der Waals surface area contributed by atoms with Crippen molar-refractivity contribution in [2.75, 3.05) is 11.9 Å². The average Bonchev–Trinajstić information content (AvgIpc) is 2.76. The predicted molar refractivity (Wildman–Crippen MR) is 90.2 cm³/mol. The number of urea groups is 1. The Morgan fingerprint density at radius 2 is 2.12 bits per heavy atom. The van der Waals surface area contributed by atoms with Gasteiger partial charge in [-0.3, -0.25) is 24.6 Å². The van der Waals surface area contributed by atoms with Crippen molar-refractivity contribution in [1.29, 1.82) is 0 Å². The smallest absolute Gasteiger partial charge is 0.325 e. The summed E-state index contributed by atoms with van der Waals surface area (Å²) in [4.78, 5) is 47.1. The Bertz CT molecular complexity index is 737. The highest BCUT2D eigenvalue weighted by Crippen LogP contribution is 2.26. The first-order valence-corrected chi connectivity index (χ1v) is 7.92. The third kappa shape index (κ3) is 4.44. The minimum atomic E-state index is -0.684. The number of nitrogens with one attached hydrogen (secondary N) is 2. The van der Waals surface area contributed by atoms with E-state index in [-0.39, 0.29) is 22.3 Å². The van der Waals surface area contributed by atoms with Crippen LogP contribution in [0.3, 0.4) is 0 Å². The average molecular weight is 369 g/mol. The van der Waals surface area contributed by atoms with Gasteiger partial charge in [0.2, 0.25) is 5.91 Å². The number of carbonyl (C=O) groups excluding carboxylic acids is 3. The molecule has 1 heterocycles. The van der Waals surface area contributed by atoms with E-state index in [1.807, 2.05) is 13.8 Å². The first kappa shape index (κ1) is 18.7. The summed E-state index contributed by atoms with van der Waals surface area (Å²) >= 11 is 5.90. The van der Waals surface area contributed by atoms with Gasteiger partial charge in [0.1, 0.15) is 12.6 Å². The molecule has 1 fully saturated rings. The van der Waals surface area contributed by atoms with Crippen molar-refractivity contribution in [3.8, 4) is 0 Å². The van der Waals surface area contributed by atoms with Crippen LogP contribution in [-0.4, -0.2) is 40.3 Å². The number of halogens is 1. The van der Waals surface area contributed by atoms with Crippen LogP contribution in [0.15, 0.2) is 18.2 Å². The van der Waals surface area contributed by atoms with E-state index in [1.165, 1.54) is 12.1 Å². The molecule has 1 aliphatic heterocycles. The number of hydrogen-bond acceptors (Lipinski definition) is 5. The summed E-state index contributed by atoms with van der Waals surface area (Å²) in [6.07, 6.45) is 0.472. The Morgan fingerprint density at radius 1 is 1.44 bits per heavy atom. The molecule has 0 aromatic heterocycles. The van der Waals surface area contributed by atoms with Gasteiger partial charge < -0.3 is 10.6 Å². The standard InChI is InChI=1S/C15H17ClN4O5/c1-8(2)5-12-14(22)19(15(23)18-12)7-13(21)17-11-6-9(20(24)25)3-4-10(11)16/h3-4,6,8,12H,5,7H2,1-2H3,(H,17,21)(H,18,23)/t12-/m0/s1. The van der Waals surface area contributed by atoms with Crippen LogP contribution in [0.5, 0.6) is 0 Å². The summed E-state index contributed by atoms with van der Waals surface area (Å²) in [7, 11) is 0. The molecule has 9 nitrogen and oxygen atoms in total. The van der Waals surface area contributed by atoms with Gasteiger partial charge in [0, 0.05) is 12.1 Å². The lowest BCUT2D eigenvalue weighted by molar-refractivity contribution is -0.384. The summed E-state index contributed by atoms with van der Waals surface area (Å²) in [5.41, 5.74) is -0.210. The lowest BCUT2D eigenvalue weighted by Crippen LogP contribution is -2.38. The topological polar surface area (TPSA) is 122 Å². The zero-order valence-electron chi connectivity index (χ0n) is 13.6. The second-order valence-electron chi connectivity index (χ2n) is 6.03. The summed E-state index contributed by atoms with van der Waals surface area (Å²) in [5.74, 6) is -0.957. The minimum absolute atomic E-state index is 0.0339. The van der Waals surface area contributed by atoms with Gasteiger partial charge in [-0.2, -0.15) is 0 Å². The number of imide groups is 1. The maximum absolute atomic E-state index is 12.2. The molecule has 2 N–H and O–H groups in total. The molecule has 1 aromatic carbocycles. The van der Waals surface area contributed by atoms with Gasteiger partial charge in [-0.05, 0) is 18.4 Å². The van der Waals surface area contributed by atoms with Crippen molar-refractivity contribution >= 4 is 40.8 Å². The minimum Gasteiger partial charge on any atom is -0.326 e. The number of nitro groups is 1. The van der Waals surface area contributed by atoms with Crippen molar-refractivity contribution in [3.05, 3.63) is 33.3 Å². The van der Waals surface area contributed by atoms with E-state index >= 15 is 0 Å². The van der Waals surface area contributed by atoms with Gasteiger partial charge in [0.05, 0.1) is 15.6 Å². The fourth-order valence-corrected chi connectivity index (χ4v) is 2.58. The number of non-ortho nitro benzene ring substituents is 1. The molecule has 1 atom stereocenters. The summed E-state index contributed by atoms with van der Waals surface area (Å²) in [6, 6.07) is 2.29. The SMILES string of the molecule is CC(C)C[C@@H]1NC(=O)N(CC(=O)Nc2cc([N+](=O)[O-])ccc2Cl)C1=O. The Morgan fingerprint density at radius 3 is 2.72 bits per heavy atom. The number of nitro benzene ring substituents is 1. The quantitative estimate of drug-likeness (QED) is 0.452. The van der Waals surface area contributed by atoms with Gasteiger partial charge in [-0.1, -0.05) is 25.4 Å². The third-order valence-corrected chi connectivity index (χ3v) is 3.88. The highest BCUT2D eigenvalue weighted by Gasteiger charge is 2.39. The molecule has 0 aliphatic carbocycles. The number of rotatable bonds is 6. The molecule has 2 rings (SSSR count). The largest absolute Gasteiger partial charge is 0.326 e. The molecule has 134 valence electrons. The van der Waals surface area contributed by atoms with Gasteiger partial charge in [-0.25, -0.2) is 4.79 Å². The van der Waals surface area contributed by atoms with Crippen LogP contribution in [-0.2, 0) is 9.59 Å². The summed E-state index contributed by atoms with van der Waals surface area (Å²) in [6.45, 7) is 3.33. The predicted octanol–water partition coefficient (Wildman–Crippen LogP) is 2.15. The van der Waals surface area contributed by atoms with Crippen LogP contribution in [0.25, 0.3) is 0 Å². The van der Waals surface area contributed by atoms with E-state index < -0.39 is 35.4 Å². The molecule has 1 aromatic rings. The summed E-state index contributed by atoms with van der Waals surface area (Å²) < 4.78 is 0. The van der Waals surface area contributed by atoms with E-state index in [0.717, 1.165) is 11.0 Å². The van der Waals surface area contributed by atoms with Crippen molar-refractivity contribution in [1.82, 2.24) is 10.2 Å². The first-order chi connectivity index (χ1) is 11.7. The fraction of sp³-hybridized carbons (Fsp3) is 0.400. The van der Waals surface area contributed by atoms with Crippen molar-refractivity contribution < 1.29 is 19.3 Å². The number of nitrogens with zero attached hydrogens (tertiary/aromatic N) is 2. The van der Waals surface area contributed by atoms with Gasteiger partial charge >= 0.3 is 6.03 Å². The summed E-state index contributed by atoms with van der Waals surface area (Å²) in [5, 5.41) is 15.8. The van der Waals surface area contributed by atoms with Crippen LogP contribution in [0.1, 0.15) is 20.3 Å². The Kier molecular flexibility index (Phi) is 5.58. The zero-order valence-corrected chi connectivity index (χ0v) is 14.4. The molecule has 1 aliphatic rings. The molecule has 0 radical (unpaired) electrons. The fourth-order valence-electron chi connectivity index (χ4n) is 2.41. The van der Waals surface area contributed by atoms with Crippen LogP contribution >= 0.6 is 11.6 Å². The van der Waals surface area contributed by atoms with E-state index in [1.54, 1.807) is 0 Å². The molecular weight excluding hydrogens is 352 g/mol. The first-order valence-electron chi connectivity index (χ1n) is 7.54. The van der Waals surface area contributed by atoms with Crippen LogP contribution in [0, 0.1) is 16.0 Å². The molecular formula is C15H17ClN4O5. The molecule has 0 unspecified atom stereocenters. The molecule has 1 saturated heterocycles. The molecule has 0 saturated carbocycles. The van der Waals surface area contributed by atoms with Crippen molar-refractivity contribution in [2.24, 2.45) is 5.92 Å². The number of amides is 4. The lowest BCUT2D eigenvalue weighted by atomic mass is 10.0. The molecule has 0 spiro atoms. The number of anilines is 1. The third-order valence-electron chi connectivity index (χ3n) is 3.55. The highest BCUT2D eigenvalue weighted by molar-refractivity contribution is 6.33. The van der Waals surface area contributed by atoms with Crippen molar-refractivity contribution in [2.45, 2.75) is 26.3 Å². The van der Waals surface area contributed by atoms with E-state index in [4.69, 9.17) is 11.6 Å². The Hall–Kier alpha value is -2.68. The lowest BCUT2D eigenvalue weighted by Gasteiger charge is -2.14. The van der Waals surface area contributed by atoms with Gasteiger partial charge in [0.15, 0.2) is 0 Å². The van der Waals surface area contributed by atoms with Crippen LogP contribution in [0.4, 0.5) is 16.2 Å². The second-order valence-corrected chi connectivity index (χ2v) is 6.43. The van der Waals surface area contributed by atoms with Gasteiger partial charge in [0.25, 0.3) is 11.6 Å². The Labute approximate surface area is 148 Å². The highest BCUT2D eigenvalue weighted by atomic mass is 35.5. The zero-order chi connectivity index (χ0) is 18.7. The second kappa shape index (κ2) is 7.47. The number of hydrogen-bond donors (Lipinski definition) is 2. The normalized spacial score (nSPS) is 17.0. The van der Waals surface area contributed by atoms with Crippen molar-refractivity contribution in [3.63, 3.8) is 0 Å². The van der Waals surface area contributed by atoms with Crippen LogP contribution < -0.4 is 10.6 Å². The maximum Gasteiger partial charge on any atom is 0.325 e. The molecule has 10 heteroatoms. The van der Waals surface area contributed by atoms with Gasteiger partial charge in [-0.15, -0.1) is 0 Å². The molecule has 25 heavy (non-hydrogen) atoms. The number of carbonyl (C=O) groups is 3. The Balaban J connectivity index is 2.05. The number of benzene rings is 1. The monoisotopic (exact) mass is 368 g/mol.